The van der Waals surface area contributed by atoms with Crippen molar-refractivity contribution in [2.45, 2.75) is 43.0 Å². The van der Waals surface area contributed by atoms with Gasteiger partial charge in [0.05, 0.1) is 5.02 Å². The summed E-state index contributed by atoms with van der Waals surface area (Å²) < 4.78 is 4.54. The van der Waals surface area contributed by atoms with Crippen LogP contribution in [0.2, 0.25) is 5.02 Å². The van der Waals surface area contributed by atoms with Crippen LogP contribution < -0.4 is 5.32 Å². The standard InChI is InChI=1S/C19H18ClN3O5S.K.H/c1-8-11(12(22-28-8)9-6-4-5-7-10(9)20)15(24)21-13-16(25)23-14(18(26)27)19(2,3)29-17(13)23;;/h4-7,13-14,17H,1-3H3,(H,21,24)(H,26,27);;/t13-,14+,17-;;/m1../s1. The number of carboxylic acids is 1. The Morgan fingerprint density at radius 2 is 2.00 bits per heavy atom. The fraction of sp³-hybridized carbons (Fsp3) is 0.368. The number of benzene rings is 1. The molecule has 0 bridgehead atoms. The van der Waals surface area contributed by atoms with Crippen LogP contribution in [0.3, 0.4) is 0 Å². The Balaban J connectivity index is 0.00000256. The number of nitrogens with one attached hydrogen (secondary N) is 1. The number of carboxylic acid groups (broad SMARTS) is 1. The summed E-state index contributed by atoms with van der Waals surface area (Å²) in [7, 11) is 0. The molecule has 3 heterocycles. The number of nitrogens with zero attached hydrogens (tertiary/aromatic N) is 2. The molecule has 2 aliphatic heterocycles. The zero-order valence-electron chi connectivity index (χ0n) is 15.8. The molecule has 11 heteroatoms. The Hall–Kier alpha value is -0.884. The second-order valence-corrected chi connectivity index (χ2v) is 9.67. The summed E-state index contributed by atoms with van der Waals surface area (Å²) in [5, 5.41) is 16.2. The first-order chi connectivity index (χ1) is 13.6. The third-order valence-electron chi connectivity index (χ3n) is 5.18. The molecule has 0 aliphatic carbocycles. The number of rotatable bonds is 4. The van der Waals surface area contributed by atoms with Crippen molar-refractivity contribution < 1.29 is 24.0 Å². The van der Waals surface area contributed by atoms with E-state index in [2.05, 4.69) is 10.5 Å². The van der Waals surface area contributed by atoms with E-state index in [9.17, 15) is 19.5 Å². The van der Waals surface area contributed by atoms with Gasteiger partial charge in [-0.05, 0) is 26.8 Å². The molecule has 8 nitrogen and oxygen atoms in total. The minimum absolute atomic E-state index is 0. The van der Waals surface area contributed by atoms with Crippen molar-refractivity contribution in [1.82, 2.24) is 15.4 Å². The molecule has 3 atom stereocenters. The number of carbonyl (C=O) groups is 3. The molecule has 2 aliphatic rings. The Kier molecular flexibility index (Phi) is 6.79. The van der Waals surface area contributed by atoms with Crippen LogP contribution in [-0.2, 0) is 9.59 Å². The van der Waals surface area contributed by atoms with Crippen molar-refractivity contribution in [1.29, 1.82) is 0 Å². The molecular weight excluding hydrogens is 457 g/mol. The number of aliphatic carboxylic acids is 1. The van der Waals surface area contributed by atoms with E-state index >= 15 is 0 Å². The average Bonchev–Trinajstić information content (AvgIpc) is 3.15. The van der Waals surface area contributed by atoms with E-state index in [4.69, 9.17) is 16.1 Å². The van der Waals surface area contributed by atoms with E-state index in [1.807, 2.05) is 0 Å². The Morgan fingerprint density at radius 3 is 2.63 bits per heavy atom. The van der Waals surface area contributed by atoms with Crippen molar-refractivity contribution in [2.24, 2.45) is 0 Å². The summed E-state index contributed by atoms with van der Waals surface area (Å²) in [5.41, 5.74) is 1.03. The summed E-state index contributed by atoms with van der Waals surface area (Å²) >= 11 is 7.59. The molecule has 2 N–H and O–H groups in total. The zero-order valence-corrected chi connectivity index (χ0v) is 17.4. The monoisotopic (exact) mass is 475 g/mol. The van der Waals surface area contributed by atoms with E-state index in [0.717, 1.165) is 0 Å². The fourth-order valence-corrected chi connectivity index (χ4v) is 5.69. The first-order valence-electron chi connectivity index (χ1n) is 8.88. The van der Waals surface area contributed by atoms with Crippen LogP contribution in [0.4, 0.5) is 0 Å². The van der Waals surface area contributed by atoms with Crippen molar-refractivity contribution in [2.75, 3.05) is 0 Å². The van der Waals surface area contributed by atoms with E-state index in [1.165, 1.54) is 16.7 Å². The number of amides is 2. The van der Waals surface area contributed by atoms with Gasteiger partial charge in [-0.25, -0.2) is 4.79 Å². The number of carbonyl (C=O) groups excluding carboxylic acids is 2. The van der Waals surface area contributed by atoms with Crippen molar-refractivity contribution in [3.05, 3.63) is 40.6 Å². The maximum absolute atomic E-state index is 13.0. The van der Waals surface area contributed by atoms with E-state index in [-0.39, 0.29) is 62.6 Å². The van der Waals surface area contributed by atoms with E-state index in [1.54, 1.807) is 45.0 Å². The summed E-state index contributed by atoms with van der Waals surface area (Å²) in [6.45, 7) is 5.16. The van der Waals surface area contributed by atoms with Crippen molar-refractivity contribution in [3.63, 3.8) is 0 Å². The molecule has 1 aromatic heterocycles. The first-order valence-corrected chi connectivity index (χ1v) is 10.1. The molecule has 2 fully saturated rings. The van der Waals surface area contributed by atoms with Crippen LogP contribution in [0.25, 0.3) is 11.3 Å². The van der Waals surface area contributed by atoms with Crippen LogP contribution in [-0.4, -0.2) is 107 Å². The number of halogens is 1. The van der Waals surface area contributed by atoms with Crippen molar-refractivity contribution in [3.8, 4) is 11.3 Å². The third-order valence-corrected chi connectivity index (χ3v) is 7.08. The predicted molar refractivity (Wildman–Crippen MR) is 114 cm³/mol. The topological polar surface area (TPSA) is 113 Å². The summed E-state index contributed by atoms with van der Waals surface area (Å²) in [6.07, 6.45) is 0. The minimum atomic E-state index is -1.06. The molecule has 0 unspecified atom stereocenters. The van der Waals surface area contributed by atoms with Gasteiger partial charge in [-0.15, -0.1) is 11.8 Å². The number of β-lactam (4-membered cyclic amide) rings is 1. The molecule has 2 aromatic rings. The summed E-state index contributed by atoms with van der Waals surface area (Å²) in [4.78, 5) is 38.6. The van der Waals surface area contributed by atoms with Gasteiger partial charge >= 0.3 is 57.4 Å². The zero-order chi connectivity index (χ0) is 21.1. The van der Waals surface area contributed by atoms with Gasteiger partial charge in [0.2, 0.25) is 5.91 Å². The third kappa shape index (κ3) is 3.76. The van der Waals surface area contributed by atoms with Crippen LogP contribution in [0.15, 0.2) is 28.8 Å². The number of hydrogen-bond acceptors (Lipinski definition) is 6. The fourth-order valence-electron chi connectivity index (χ4n) is 3.84. The van der Waals surface area contributed by atoms with Gasteiger partial charge in [-0.1, -0.05) is 35.0 Å². The average molecular weight is 476 g/mol. The summed E-state index contributed by atoms with van der Waals surface area (Å²) in [5.74, 6) is -1.70. The molecule has 2 amide bonds. The molecule has 1 aromatic carbocycles. The molecule has 154 valence electrons. The second-order valence-electron chi connectivity index (χ2n) is 7.49. The molecule has 0 radical (unpaired) electrons. The van der Waals surface area contributed by atoms with E-state index < -0.39 is 40.0 Å². The Bertz CT molecular complexity index is 1040. The van der Waals surface area contributed by atoms with Gasteiger partial charge in [0.25, 0.3) is 5.91 Å². The SMILES string of the molecule is Cc1onc(-c2ccccc2Cl)c1C(=O)N[C@@H]1C(=O)N2[C@@H]1SC(C)(C)[C@@H]2C(=O)O.[KH]. The number of aryl methyl sites for hydroxylation is 1. The number of thioether (sulfide) groups is 1. The molecule has 4 rings (SSSR count). The summed E-state index contributed by atoms with van der Waals surface area (Å²) in [6, 6.07) is 5.18. The van der Waals surface area contributed by atoms with Gasteiger partial charge in [-0.3, -0.25) is 9.59 Å². The van der Waals surface area contributed by atoms with Gasteiger partial charge in [0.15, 0.2) is 0 Å². The van der Waals surface area contributed by atoms with E-state index in [0.29, 0.717) is 16.3 Å². The molecule has 30 heavy (non-hydrogen) atoms. The van der Waals surface area contributed by atoms with Gasteiger partial charge in [0, 0.05) is 10.3 Å². The van der Waals surface area contributed by atoms with Crippen LogP contribution in [0.5, 0.6) is 0 Å². The number of fused-ring (bicyclic) bond motifs is 1. The Labute approximate surface area is 224 Å². The maximum atomic E-state index is 13.0. The van der Waals surface area contributed by atoms with Gasteiger partial charge in [0.1, 0.15) is 34.5 Å². The second kappa shape index (κ2) is 8.57. The number of aromatic nitrogens is 1. The van der Waals surface area contributed by atoms with Crippen LogP contribution >= 0.6 is 23.4 Å². The van der Waals surface area contributed by atoms with Gasteiger partial charge < -0.3 is 19.8 Å². The van der Waals surface area contributed by atoms with Crippen LogP contribution in [0, 0.1) is 6.92 Å². The Morgan fingerprint density at radius 1 is 1.33 bits per heavy atom. The molecular formula is C19H19ClKN3O5S. The molecule has 0 saturated carbocycles. The predicted octanol–water partition coefficient (Wildman–Crippen LogP) is 1.90. The van der Waals surface area contributed by atoms with Gasteiger partial charge in [-0.2, -0.15) is 0 Å². The first kappa shape index (κ1) is 23.8. The van der Waals surface area contributed by atoms with Crippen molar-refractivity contribution >= 4 is 92.5 Å². The number of hydrogen-bond donors (Lipinski definition) is 2. The molecule has 0 spiro atoms. The quantitative estimate of drug-likeness (QED) is 0.513. The normalized spacial score (nSPS) is 23.9. The van der Waals surface area contributed by atoms with Crippen LogP contribution in [0.1, 0.15) is 30.0 Å². The molecule has 2 saturated heterocycles.